The van der Waals surface area contributed by atoms with Crippen LogP contribution < -0.4 is 0 Å². The quantitative estimate of drug-likeness (QED) is 0.723. The fourth-order valence-electron chi connectivity index (χ4n) is 5.64. The van der Waals surface area contributed by atoms with Crippen LogP contribution in [0, 0.1) is 29.6 Å². The smallest absolute Gasteiger partial charge is 0.163 e. The van der Waals surface area contributed by atoms with E-state index in [0.29, 0.717) is 24.3 Å². The highest BCUT2D eigenvalue weighted by Crippen LogP contribution is 2.64. The fraction of sp³-hybridized carbons (Fsp3) is 0.550. The van der Waals surface area contributed by atoms with Crippen molar-refractivity contribution in [2.24, 2.45) is 17.3 Å². The van der Waals surface area contributed by atoms with Gasteiger partial charge in [0.15, 0.2) is 5.78 Å². The zero-order valence-electron chi connectivity index (χ0n) is 13.4. The molecule has 0 amide bonds. The Hall–Kier alpha value is -1.79. The maximum Gasteiger partial charge on any atom is 0.163 e. The molecule has 0 bridgehead atoms. The molecule has 23 heavy (non-hydrogen) atoms. The number of aliphatic hydroxyl groups is 1. The van der Waals surface area contributed by atoms with Crippen molar-refractivity contribution in [1.29, 1.82) is 0 Å². The maximum atomic E-state index is 12.6. The van der Waals surface area contributed by atoms with Gasteiger partial charge in [0.2, 0.25) is 0 Å². The molecule has 3 aliphatic carbocycles. The Labute approximate surface area is 136 Å². The van der Waals surface area contributed by atoms with Gasteiger partial charge in [-0.2, -0.15) is 0 Å². The molecule has 0 aromatic heterocycles. The first-order valence-corrected chi connectivity index (χ1v) is 8.46. The number of fused-ring (bicyclic) bond motifs is 5. The number of carbonyl (C=O) groups is 1. The van der Waals surface area contributed by atoms with Gasteiger partial charge in [0.25, 0.3) is 0 Å². The van der Waals surface area contributed by atoms with E-state index in [1.165, 1.54) is 0 Å². The molecule has 0 heterocycles. The number of carbonyl (C=O) groups excluding carboxylic acids is 1. The lowest BCUT2D eigenvalue weighted by Crippen LogP contribution is -2.50. The van der Waals surface area contributed by atoms with E-state index in [1.54, 1.807) is 12.1 Å². The molecular formula is C20H22O3. The van der Waals surface area contributed by atoms with E-state index in [1.807, 2.05) is 6.07 Å². The van der Waals surface area contributed by atoms with Crippen LogP contribution in [-0.2, 0) is 0 Å². The number of phenolic OH excluding ortho intramolecular Hbond substituents is 1. The summed E-state index contributed by atoms with van der Waals surface area (Å²) in [6.07, 6.45) is 9.49. The van der Waals surface area contributed by atoms with Crippen molar-refractivity contribution >= 4 is 5.78 Å². The minimum atomic E-state index is -1.04. The Bertz CT molecular complexity index is 731. The highest BCUT2D eigenvalue weighted by Gasteiger charge is 2.61. The van der Waals surface area contributed by atoms with Crippen molar-refractivity contribution in [3.63, 3.8) is 0 Å². The number of ketones is 1. The molecule has 0 spiro atoms. The highest BCUT2D eigenvalue weighted by molar-refractivity contribution is 5.99. The third-order valence-electron chi connectivity index (χ3n) is 6.99. The first-order valence-electron chi connectivity index (χ1n) is 8.46. The first-order chi connectivity index (χ1) is 10.9. The van der Waals surface area contributed by atoms with Gasteiger partial charge in [0, 0.05) is 17.4 Å². The molecule has 2 N–H and O–H groups in total. The molecule has 3 heteroatoms. The van der Waals surface area contributed by atoms with Crippen LogP contribution in [0.15, 0.2) is 18.2 Å². The van der Waals surface area contributed by atoms with E-state index in [2.05, 4.69) is 12.8 Å². The topological polar surface area (TPSA) is 57.5 Å². The normalized spacial score (nSPS) is 41.6. The number of benzene rings is 1. The van der Waals surface area contributed by atoms with Gasteiger partial charge in [-0.25, -0.2) is 0 Å². The second kappa shape index (κ2) is 4.61. The van der Waals surface area contributed by atoms with E-state index >= 15 is 0 Å². The molecule has 2 saturated carbocycles. The number of rotatable bonds is 0. The van der Waals surface area contributed by atoms with E-state index in [9.17, 15) is 15.0 Å². The number of hydrogen-bond donors (Lipinski definition) is 2. The fourth-order valence-corrected chi connectivity index (χ4v) is 5.64. The van der Waals surface area contributed by atoms with Crippen molar-refractivity contribution in [1.82, 2.24) is 0 Å². The van der Waals surface area contributed by atoms with Gasteiger partial charge < -0.3 is 10.2 Å². The molecule has 5 atom stereocenters. The summed E-state index contributed by atoms with van der Waals surface area (Å²) in [6, 6.07) is 5.19. The Morgan fingerprint density at radius 1 is 1.30 bits per heavy atom. The summed E-state index contributed by atoms with van der Waals surface area (Å²) >= 11 is 0. The third kappa shape index (κ3) is 1.79. The molecule has 3 nitrogen and oxygen atoms in total. The van der Waals surface area contributed by atoms with Crippen molar-refractivity contribution in [2.45, 2.75) is 50.5 Å². The summed E-state index contributed by atoms with van der Waals surface area (Å²) < 4.78 is 0. The summed E-state index contributed by atoms with van der Waals surface area (Å²) in [4.78, 5) is 12.6. The lowest BCUT2D eigenvalue weighted by atomic mass is 9.53. The minimum absolute atomic E-state index is 0.109. The number of terminal acetylenes is 1. The molecule has 120 valence electrons. The van der Waals surface area contributed by atoms with Gasteiger partial charge >= 0.3 is 0 Å². The number of phenols is 1. The zero-order valence-corrected chi connectivity index (χ0v) is 13.4. The minimum Gasteiger partial charge on any atom is -0.508 e. The second-order valence-electron chi connectivity index (χ2n) is 7.78. The summed E-state index contributed by atoms with van der Waals surface area (Å²) in [5, 5.41) is 20.6. The molecule has 2 fully saturated rings. The van der Waals surface area contributed by atoms with Crippen molar-refractivity contribution in [3.05, 3.63) is 29.3 Å². The van der Waals surface area contributed by atoms with Gasteiger partial charge in [-0.15, -0.1) is 6.42 Å². The van der Waals surface area contributed by atoms with Crippen LogP contribution in [0.1, 0.15) is 60.9 Å². The standard InChI is InChI=1S/C20H22O3/c1-3-20(23)9-7-17-15-11-18(22)16-10-12(21)4-5-13(16)14(15)6-8-19(17,20)2/h1,4-5,10,14-15,17,21,23H,6-9,11H2,2H3/t14-,15-,17-,19+,20+/m0/s1. The molecule has 0 unspecified atom stereocenters. The van der Waals surface area contributed by atoms with Gasteiger partial charge in [-0.05, 0) is 61.1 Å². The summed E-state index contributed by atoms with van der Waals surface area (Å²) in [5.74, 6) is 3.78. The molecule has 0 saturated heterocycles. The predicted octanol–water partition coefficient (Wildman–Crippen LogP) is 3.25. The molecule has 1 aromatic rings. The maximum absolute atomic E-state index is 12.6. The van der Waals surface area contributed by atoms with E-state index < -0.39 is 5.60 Å². The van der Waals surface area contributed by atoms with Crippen LogP contribution in [0.25, 0.3) is 0 Å². The van der Waals surface area contributed by atoms with Crippen LogP contribution in [0.3, 0.4) is 0 Å². The van der Waals surface area contributed by atoms with E-state index in [0.717, 1.165) is 24.8 Å². The molecule has 3 aliphatic rings. The summed E-state index contributed by atoms with van der Waals surface area (Å²) in [7, 11) is 0. The molecule has 4 rings (SSSR count). The van der Waals surface area contributed by atoms with Gasteiger partial charge in [0.1, 0.15) is 11.4 Å². The highest BCUT2D eigenvalue weighted by atomic mass is 16.3. The van der Waals surface area contributed by atoms with Crippen LogP contribution in [0.2, 0.25) is 0 Å². The second-order valence-corrected chi connectivity index (χ2v) is 7.78. The zero-order chi connectivity index (χ0) is 16.4. The third-order valence-corrected chi connectivity index (χ3v) is 6.99. The van der Waals surface area contributed by atoms with Gasteiger partial charge in [-0.3, -0.25) is 4.79 Å². The molecular weight excluding hydrogens is 288 g/mol. The average molecular weight is 310 g/mol. The Balaban J connectivity index is 1.77. The van der Waals surface area contributed by atoms with Crippen molar-refractivity contribution in [2.75, 3.05) is 0 Å². The Morgan fingerprint density at radius 3 is 2.83 bits per heavy atom. The number of Topliss-reactive ketones (excluding diaryl/α,β-unsaturated/α-hetero) is 1. The van der Waals surface area contributed by atoms with E-state index in [-0.39, 0.29) is 28.8 Å². The van der Waals surface area contributed by atoms with Crippen molar-refractivity contribution < 1.29 is 15.0 Å². The van der Waals surface area contributed by atoms with Crippen LogP contribution >= 0.6 is 0 Å². The lowest BCUT2D eigenvalue weighted by Gasteiger charge is -2.51. The average Bonchev–Trinajstić information content (AvgIpc) is 2.80. The largest absolute Gasteiger partial charge is 0.508 e. The lowest BCUT2D eigenvalue weighted by molar-refractivity contribution is -0.0629. The van der Waals surface area contributed by atoms with Crippen LogP contribution in [-0.4, -0.2) is 21.6 Å². The Morgan fingerprint density at radius 2 is 2.09 bits per heavy atom. The molecule has 0 aliphatic heterocycles. The van der Waals surface area contributed by atoms with Gasteiger partial charge in [0.05, 0.1) is 0 Å². The van der Waals surface area contributed by atoms with Crippen molar-refractivity contribution in [3.8, 4) is 18.1 Å². The number of hydrogen-bond acceptors (Lipinski definition) is 3. The van der Waals surface area contributed by atoms with E-state index in [4.69, 9.17) is 6.42 Å². The summed E-state index contributed by atoms with van der Waals surface area (Å²) in [6.45, 7) is 2.11. The molecule has 0 radical (unpaired) electrons. The van der Waals surface area contributed by atoms with Crippen LogP contribution in [0.4, 0.5) is 0 Å². The first kappa shape index (κ1) is 14.8. The number of aromatic hydroxyl groups is 1. The molecule has 1 aromatic carbocycles. The van der Waals surface area contributed by atoms with Crippen LogP contribution in [0.5, 0.6) is 5.75 Å². The SMILES string of the molecule is C#C[C@@]1(O)CC[C@H]2[C@H]3CC(=O)c4cc(O)ccc4[C@@H]3CC[C@]21C. The monoisotopic (exact) mass is 310 g/mol. The van der Waals surface area contributed by atoms with Gasteiger partial charge in [-0.1, -0.05) is 18.9 Å². The summed E-state index contributed by atoms with van der Waals surface area (Å²) in [5.41, 5.74) is 0.417. The Kier molecular flexibility index (Phi) is 2.96. The predicted molar refractivity (Wildman–Crippen MR) is 87.1 cm³/mol.